The maximum absolute atomic E-state index is 11.7. The number of urea groups is 1. The monoisotopic (exact) mass is 308 g/mol. The lowest BCUT2D eigenvalue weighted by molar-refractivity contribution is 0.251. The highest BCUT2D eigenvalue weighted by atomic mass is 35.5. The van der Waals surface area contributed by atoms with Crippen LogP contribution < -0.4 is 10.6 Å². The molecule has 0 spiro atoms. The van der Waals surface area contributed by atoms with Crippen molar-refractivity contribution in [3.05, 3.63) is 39.9 Å². The molecule has 1 aromatic carbocycles. The van der Waals surface area contributed by atoms with Gasteiger partial charge in [0.15, 0.2) is 0 Å². The van der Waals surface area contributed by atoms with Gasteiger partial charge in [-0.05, 0) is 30.5 Å². The number of anilines is 1. The minimum absolute atomic E-state index is 0.288. The molecule has 20 heavy (non-hydrogen) atoms. The largest absolute Gasteiger partial charge is 0.334 e. The number of carbonyl (C=O) groups excluding carboxylic acids is 1. The first kappa shape index (κ1) is 13.3. The van der Waals surface area contributed by atoms with E-state index in [9.17, 15) is 4.79 Å². The molecule has 3 rings (SSSR count). The van der Waals surface area contributed by atoms with E-state index < -0.39 is 0 Å². The lowest BCUT2D eigenvalue weighted by Crippen LogP contribution is -2.28. The van der Waals surface area contributed by atoms with E-state index in [1.165, 1.54) is 24.2 Å². The molecule has 0 atom stereocenters. The number of nitrogens with one attached hydrogen (secondary N) is 2. The van der Waals surface area contributed by atoms with Gasteiger partial charge in [-0.1, -0.05) is 35.1 Å². The van der Waals surface area contributed by atoms with Gasteiger partial charge in [0.2, 0.25) is 5.13 Å². The predicted molar refractivity (Wildman–Crippen MR) is 79.2 cm³/mol. The second-order valence-corrected chi connectivity index (χ2v) is 6.10. The third kappa shape index (κ3) is 3.46. The molecule has 0 radical (unpaired) electrons. The first-order valence-electron chi connectivity index (χ1n) is 6.33. The number of hydrogen-bond donors (Lipinski definition) is 2. The van der Waals surface area contributed by atoms with Crippen molar-refractivity contribution in [3.8, 4) is 0 Å². The van der Waals surface area contributed by atoms with Crippen molar-refractivity contribution in [3.63, 3.8) is 0 Å². The van der Waals surface area contributed by atoms with Crippen LogP contribution in [0.25, 0.3) is 0 Å². The van der Waals surface area contributed by atoms with Gasteiger partial charge in [0, 0.05) is 17.5 Å². The topological polar surface area (TPSA) is 66.9 Å². The number of amides is 2. The zero-order valence-corrected chi connectivity index (χ0v) is 12.2. The van der Waals surface area contributed by atoms with E-state index in [4.69, 9.17) is 11.6 Å². The lowest BCUT2D eigenvalue weighted by Gasteiger charge is -2.05. The van der Waals surface area contributed by atoms with E-state index in [1.54, 1.807) is 6.07 Å². The van der Waals surface area contributed by atoms with Crippen molar-refractivity contribution >= 4 is 34.1 Å². The van der Waals surface area contributed by atoms with Gasteiger partial charge in [0.05, 0.1) is 0 Å². The van der Waals surface area contributed by atoms with Gasteiger partial charge in [-0.25, -0.2) is 4.79 Å². The SMILES string of the molecule is O=C(NCc1cccc(Cl)c1)Nc1nnc(C2CC2)s1. The van der Waals surface area contributed by atoms with Crippen LogP contribution >= 0.6 is 22.9 Å². The maximum atomic E-state index is 11.7. The Bertz CT molecular complexity index is 626. The van der Waals surface area contributed by atoms with Crippen LogP contribution in [0.4, 0.5) is 9.93 Å². The van der Waals surface area contributed by atoms with E-state index in [1.807, 2.05) is 18.2 Å². The Labute approximate surface area is 125 Å². The van der Waals surface area contributed by atoms with Crippen molar-refractivity contribution in [2.45, 2.75) is 25.3 Å². The second kappa shape index (κ2) is 5.76. The fraction of sp³-hybridized carbons (Fsp3) is 0.308. The van der Waals surface area contributed by atoms with E-state index in [0.29, 0.717) is 22.6 Å². The molecule has 0 aliphatic heterocycles. The molecule has 2 amide bonds. The Hall–Kier alpha value is -1.66. The Balaban J connectivity index is 1.51. The Morgan fingerprint density at radius 2 is 2.25 bits per heavy atom. The summed E-state index contributed by atoms with van der Waals surface area (Å²) in [6, 6.07) is 7.08. The highest BCUT2D eigenvalue weighted by Crippen LogP contribution is 2.41. The second-order valence-electron chi connectivity index (χ2n) is 4.66. The van der Waals surface area contributed by atoms with E-state index in [-0.39, 0.29) is 6.03 Å². The van der Waals surface area contributed by atoms with Crippen LogP contribution in [-0.4, -0.2) is 16.2 Å². The van der Waals surface area contributed by atoms with Gasteiger partial charge in [-0.15, -0.1) is 10.2 Å². The molecule has 1 saturated carbocycles. The minimum Gasteiger partial charge on any atom is -0.334 e. The smallest absolute Gasteiger partial charge is 0.321 e. The Morgan fingerprint density at radius 3 is 3.00 bits per heavy atom. The molecule has 1 heterocycles. The highest BCUT2D eigenvalue weighted by molar-refractivity contribution is 7.15. The normalized spacial score (nSPS) is 14.1. The number of rotatable bonds is 4. The van der Waals surface area contributed by atoms with Crippen LogP contribution in [0.3, 0.4) is 0 Å². The van der Waals surface area contributed by atoms with Gasteiger partial charge >= 0.3 is 6.03 Å². The van der Waals surface area contributed by atoms with Crippen LogP contribution in [-0.2, 0) is 6.54 Å². The van der Waals surface area contributed by atoms with Gasteiger partial charge in [-0.2, -0.15) is 0 Å². The molecule has 0 bridgehead atoms. The Morgan fingerprint density at radius 1 is 1.40 bits per heavy atom. The first-order chi connectivity index (χ1) is 9.70. The third-order valence-corrected chi connectivity index (χ3v) is 4.17. The third-order valence-electron chi connectivity index (χ3n) is 2.93. The van der Waals surface area contributed by atoms with E-state index in [0.717, 1.165) is 10.6 Å². The lowest BCUT2D eigenvalue weighted by atomic mass is 10.2. The molecule has 2 N–H and O–H groups in total. The summed E-state index contributed by atoms with van der Waals surface area (Å²) in [5, 5.41) is 15.7. The highest BCUT2D eigenvalue weighted by Gasteiger charge is 2.27. The summed E-state index contributed by atoms with van der Waals surface area (Å²) in [6.45, 7) is 0.417. The molecule has 0 unspecified atom stereocenters. The summed E-state index contributed by atoms with van der Waals surface area (Å²) >= 11 is 7.32. The Kier molecular flexibility index (Phi) is 3.84. The summed E-state index contributed by atoms with van der Waals surface area (Å²) in [5.41, 5.74) is 0.948. The summed E-state index contributed by atoms with van der Waals surface area (Å²) < 4.78 is 0. The van der Waals surface area contributed by atoms with Crippen molar-refractivity contribution in [2.75, 3.05) is 5.32 Å². The first-order valence-corrected chi connectivity index (χ1v) is 7.53. The standard InChI is InChI=1S/C13H13ClN4OS/c14-10-3-1-2-8(6-10)7-15-12(19)16-13-18-17-11(20-13)9-4-5-9/h1-3,6,9H,4-5,7H2,(H2,15,16,18,19). The number of nitrogens with zero attached hydrogens (tertiary/aromatic N) is 2. The van der Waals surface area contributed by atoms with Crippen LogP contribution in [0, 0.1) is 0 Å². The summed E-state index contributed by atoms with van der Waals surface area (Å²) in [7, 11) is 0. The molecule has 1 aliphatic rings. The zero-order valence-electron chi connectivity index (χ0n) is 10.6. The summed E-state index contributed by atoms with van der Waals surface area (Å²) in [6.07, 6.45) is 2.35. The number of carbonyl (C=O) groups is 1. The van der Waals surface area contributed by atoms with E-state index >= 15 is 0 Å². The van der Waals surface area contributed by atoms with Crippen LogP contribution in [0.15, 0.2) is 24.3 Å². The van der Waals surface area contributed by atoms with Crippen molar-refractivity contribution in [2.24, 2.45) is 0 Å². The fourth-order valence-corrected chi connectivity index (χ4v) is 2.87. The maximum Gasteiger partial charge on any atom is 0.321 e. The van der Waals surface area contributed by atoms with Crippen molar-refractivity contribution in [1.29, 1.82) is 0 Å². The van der Waals surface area contributed by atoms with Gasteiger partial charge < -0.3 is 5.32 Å². The average Bonchev–Trinajstić information content (AvgIpc) is 3.18. The number of aromatic nitrogens is 2. The quantitative estimate of drug-likeness (QED) is 0.909. The summed E-state index contributed by atoms with van der Waals surface area (Å²) in [4.78, 5) is 11.7. The van der Waals surface area contributed by atoms with Gasteiger partial charge in [0.1, 0.15) is 5.01 Å². The molecule has 0 saturated heterocycles. The number of hydrogen-bond acceptors (Lipinski definition) is 4. The molecule has 1 fully saturated rings. The zero-order chi connectivity index (χ0) is 13.9. The number of benzene rings is 1. The van der Waals surface area contributed by atoms with Crippen LogP contribution in [0.5, 0.6) is 0 Å². The number of halogens is 1. The molecule has 1 aliphatic carbocycles. The molecular formula is C13H13ClN4OS. The molecule has 2 aromatic rings. The molecule has 7 heteroatoms. The molecule has 1 aromatic heterocycles. The summed E-state index contributed by atoms with van der Waals surface area (Å²) in [5.74, 6) is 0.553. The molecular weight excluding hydrogens is 296 g/mol. The van der Waals surface area contributed by atoms with Crippen LogP contribution in [0.2, 0.25) is 5.02 Å². The predicted octanol–water partition coefficient (Wildman–Crippen LogP) is 3.39. The van der Waals surface area contributed by atoms with Gasteiger partial charge in [-0.3, -0.25) is 5.32 Å². The average molecular weight is 309 g/mol. The molecule has 104 valence electrons. The van der Waals surface area contributed by atoms with Crippen molar-refractivity contribution in [1.82, 2.24) is 15.5 Å². The molecule has 5 nitrogen and oxygen atoms in total. The minimum atomic E-state index is -0.288. The van der Waals surface area contributed by atoms with Gasteiger partial charge in [0.25, 0.3) is 0 Å². The van der Waals surface area contributed by atoms with E-state index in [2.05, 4.69) is 20.8 Å². The van der Waals surface area contributed by atoms with Crippen molar-refractivity contribution < 1.29 is 4.79 Å². The fourth-order valence-electron chi connectivity index (χ4n) is 1.75. The van der Waals surface area contributed by atoms with Crippen LogP contribution in [0.1, 0.15) is 29.3 Å².